The zero-order valence-electron chi connectivity index (χ0n) is 16.9. The van der Waals surface area contributed by atoms with Gasteiger partial charge in [0.15, 0.2) is 12.2 Å². The van der Waals surface area contributed by atoms with E-state index in [1.807, 2.05) is 0 Å². The first-order valence-corrected chi connectivity index (χ1v) is 9.56. The van der Waals surface area contributed by atoms with Gasteiger partial charge in [0, 0.05) is 25.3 Å². The summed E-state index contributed by atoms with van der Waals surface area (Å²) in [5.74, 6) is -0.522. The maximum atomic E-state index is 14.1. The summed E-state index contributed by atoms with van der Waals surface area (Å²) in [6.07, 6.45) is -11.9. The Labute approximate surface area is 187 Å². The molecule has 180 valence electrons. The zero-order valence-corrected chi connectivity index (χ0v) is 17.7. The van der Waals surface area contributed by atoms with E-state index in [0.717, 1.165) is 17.0 Å². The number of hydrogen-bond donors (Lipinski definition) is 1. The molecule has 0 bridgehead atoms. The number of nitrogens with zero attached hydrogens (tertiary/aromatic N) is 4. The summed E-state index contributed by atoms with van der Waals surface area (Å²) in [6, 6.07) is 0.966. The number of imide groups is 1. The summed E-state index contributed by atoms with van der Waals surface area (Å²) in [7, 11) is 2.77. The molecular weight excluding hydrogens is 483 g/mol. The number of nitrogens with one attached hydrogen (secondary N) is 1. The number of likely N-dealkylation sites (N-methyl/N-ethyl adjacent to an activating group) is 2. The van der Waals surface area contributed by atoms with Crippen LogP contribution < -0.4 is 5.32 Å². The van der Waals surface area contributed by atoms with Gasteiger partial charge in [0.2, 0.25) is 0 Å². The summed E-state index contributed by atoms with van der Waals surface area (Å²) in [5.41, 5.74) is -7.16. The molecule has 0 aliphatic carbocycles. The average molecular weight is 499 g/mol. The molecule has 0 spiro atoms. The van der Waals surface area contributed by atoms with Crippen LogP contribution in [0.25, 0.3) is 0 Å². The summed E-state index contributed by atoms with van der Waals surface area (Å²) in [4.78, 5) is 32.3. The molecule has 1 aromatic rings. The average Bonchev–Trinajstić information content (AvgIpc) is 3.12. The van der Waals surface area contributed by atoms with Crippen molar-refractivity contribution >= 4 is 41.2 Å². The van der Waals surface area contributed by atoms with Crippen LogP contribution in [0.4, 0.5) is 41.2 Å². The number of carbonyl (C=O) groups is 2. The Hall–Kier alpha value is -2.97. The minimum Gasteiger partial charge on any atom is -0.349 e. The molecule has 0 radical (unpaired) electrons. The molecule has 2 aliphatic heterocycles. The number of anilines is 1. The second kappa shape index (κ2) is 8.11. The van der Waals surface area contributed by atoms with E-state index in [1.165, 1.54) is 30.2 Å². The number of aliphatic imine (C=N–C) groups is 1. The van der Waals surface area contributed by atoms with Crippen LogP contribution in [0.5, 0.6) is 0 Å². The van der Waals surface area contributed by atoms with Gasteiger partial charge < -0.3 is 15.1 Å². The van der Waals surface area contributed by atoms with Crippen LogP contribution in [0.15, 0.2) is 29.3 Å². The molecule has 0 aromatic heterocycles. The van der Waals surface area contributed by atoms with Crippen LogP contribution in [-0.2, 0) is 10.5 Å². The van der Waals surface area contributed by atoms with Crippen LogP contribution in [0.2, 0.25) is 0 Å². The SMILES string of the molecule is CN1C(=O)C2C(N=CN2CC(=S)Nc2ccc(C(F)(C(F)(F)F)C(F)(F)F)cc2)N(C)C1=O. The number of alkyl halides is 7. The lowest BCUT2D eigenvalue weighted by molar-refractivity contribution is -0.348. The lowest BCUT2D eigenvalue weighted by atomic mass is 9.94. The Morgan fingerprint density at radius 3 is 2.09 bits per heavy atom. The molecule has 2 heterocycles. The van der Waals surface area contributed by atoms with E-state index in [4.69, 9.17) is 12.2 Å². The standard InChI is InChI=1S/C18H16F7N5O2S/c1-28-13-12(14(31)29(2)15(28)32)30(8-26-13)7-11(33)27-10-5-3-9(4-6-10)16(19,17(20,21)22)18(23,24)25/h3-6,8,12-13H,7H2,1-2H3,(H,27,33). The van der Waals surface area contributed by atoms with Gasteiger partial charge in [-0.25, -0.2) is 14.2 Å². The highest BCUT2D eigenvalue weighted by Gasteiger charge is 2.73. The van der Waals surface area contributed by atoms with Crippen LogP contribution in [0.1, 0.15) is 5.56 Å². The van der Waals surface area contributed by atoms with E-state index in [0.29, 0.717) is 12.1 Å². The van der Waals surface area contributed by atoms with E-state index in [2.05, 4.69) is 10.3 Å². The zero-order chi connectivity index (χ0) is 24.9. The number of rotatable bonds is 4. The highest BCUT2D eigenvalue weighted by Crippen LogP contribution is 2.53. The van der Waals surface area contributed by atoms with Crippen molar-refractivity contribution in [3.05, 3.63) is 29.8 Å². The second-order valence-electron chi connectivity index (χ2n) is 7.37. The fraction of sp³-hybridized carbons (Fsp3) is 0.444. The minimum atomic E-state index is -6.21. The smallest absolute Gasteiger partial charge is 0.349 e. The largest absolute Gasteiger partial charge is 0.435 e. The van der Waals surface area contributed by atoms with Crippen molar-refractivity contribution in [1.82, 2.24) is 14.7 Å². The molecule has 1 saturated heterocycles. The topological polar surface area (TPSA) is 68.2 Å². The van der Waals surface area contributed by atoms with Gasteiger partial charge in [-0.3, -0.25) is 9.69 Å². The Morgan fingerprint density at radius 1 is 1.03 bits per heavy atom. The molecule has 15 heteroatoms. The Balaban J connectivity index is 1.72. The van der Waals surface area contributed by atoms with Gasteiger partial charge >= 0.3 is 24.1 Å². The fourth-order valence-corrected chi connectivity index (χ4v) is 3.75. The Morgan fingerprint density at radius 2 is 1.58 bits per heavy atom. The summed E-state index contributed by atoms with van der Waals surface area (Å²) in [6.45, 7) is -0.0957. The predicted molar refractivity (Wildman–Crippen MR) is 106 cm³/mol. The van der Waals surface area contributed by atoms with Crippen molar-refractivity contribution in [2.45, 2.75) is 30.2 Å². The lowest BCUT2D eigenvalue weighted by Gasteiger charge is -2.39. The molecule has 33 heavy (non-hydrogen) atoms. The molecule has 3 amide bonds. The Bertz CT molecular complexity index is 981. The Kier molecular flexibility index (Phi) is 6.06. The van der Waals surface area contributed by atoms with Crippen LogP contribution in [-0.4, -0.2) is 83.2 Å². The number of amides is 3. The van der Waals surface area contributed by atoms with Crippen LogP contribution in [0.3, 0.4) is 0 Å². The van der Waals surface area contributed by atoms with Crippen molar-refractivity contribution in [2.24, 2.45) is 4.99 Å². The van der Waals surface area contributed by atoms with Gasteiger partial charge in [-0.15, -0.1) is 0 Å². The number of urea groups is 1. The summed E-state index contributed by atoms with van der Waals surface area (Å²) < 4.78 is 91.3. The van der Waals surface area contributed by atoms with Gasteiger partial charge in [0.1, 0.15) is 0 Å². The van der Waals surface area contributed by atoms with Crippen molar-refractivity contribution in [3.63, 3.8) is 0 Å². The number of thiocarbonyl (C=S) groups is 1. The van der Waals surface area contributed by atoms with Crippen LogP contribution >= 0.6 is 12.2 Å². The summed E-state index contributed by atoms with van der Waals surface area (Å²) in [5, 5.41) is 2.60. The van der Waals surface area contributed by atoms with Crippen molar-refractivity contribution < 1.29 is 40.3 Å². The molecular formula is C18H16F7N5O2S. The van der Waals surface area contributed by atoms with Crippen LogP contribution in [0, 0.1) is 0 Å². The molecule has 2 atom stereocenters. The quantitative estimate of drug-likeness (QED) is 0.509. The molecule has 2 aliphatic rings. The molecule has 0 saturated carbocycles. The maximum absolute atomic E-state index is 14.1. The number of halogens is 7. The monoisotopic (exact) mass is 499 g/mol. The lowest BCUT2D eigenvalue weighted by Crippen LogP contribution is -2.64. The molecule has 1 N–H and O–H groups in total. The molecule has 3 rings (SSSR count). The number of hydrogen-bond acceptors (Lipinski definition) is 5. The molecule has 1 fully saturated rings. The number of carbonyl (C=O) groups excluding carboxylic acids is 2. The first kappa shape index (κ1) is 24.7. The molecule has 2 unspecified atom stereocenters. The van der Waals surface area contributed by atoms with Crippen molar-refractivity contribution in [1.29, 1.82) is 0 Å². The van der Waals surface area contributed by atoms with E-state index in [-0.39, 0.29) is 17.2 Å². The number of benzene rings is 1. The third-order valence-corrected chi connectivity index (χ3v) is 5.48. The normalized spacial score (nSPS) is 21.5. The van der Waals surface area contributed by atoms with Gasteiger partial charge in [-0.05, 0) is 12.1 Å². The summed E-state index contributed by atoms with van der Waals surface area (Å²) >= 11 is 5.16. The van der Waals surface area contributed by atoms with Gasteiger partial charge in [0.25, 0.3) is 5.91 Å². The first-order chi connectivity index (χ1) is 15.1. The van der Waals surface area contributed by atoms with E-state index in [9.17, 15) is 40.3 Å². The predicted octanol–water partition coefficient (Wildman–Crippen LogP) is 3.28. The first-order valence-electron chi connectivity index (χ1n) is 9.15. The van der Waals surface area contributed by atoms with Gasteiger partial charge in [-0.1, -0.05) is 24.4 Å². The third kappa shape index (κ3) is 4.09. The maximum Gasteiger partial charge on any atom is 0.435 e. The van der Waals surface area contributed by atoms with E-state index < -0.39 is 47.7 Å². The van der Waals surface area contributed by atoms with E-state index >= 15 is 0 Å². The van der Waals surface area contributed by atoms with Crippen molar-refractivity contribution in [2.75, 3.05) is 26.0 Å². The molecule has 7 nitrogen and oxygen atoms in total. The highest BCUT2D eigenvalue weighted by molar-refractivity contribution is 7.80. The van der Waals surface area contributed by atoms with E-state index in [1.54, 1.807) is 0 Å². The van der Waals surface area contributed by atoms with Gasteiger partial charge in [0.05, 0.1) is 17.9 Å². The minimum absolute atomic E-state index is 0.00233. The second-order valence-corrected chi connectivity index (χ2v) is 7.86. The van der Waals surface area contributed by atoms with Crippen molar-refractivity contribution in [3.8, 4) is 0 Å². The molecule has 1 aromatic carbocycles. The fourth-order valence-electron chi connectivity index (χ4n) is 3.48. The van der Waals surface area contributed by atoms with Gasteiger partial charge in [-0.2, -0.15) is 26.3 Å². The highest BCUT2D eigenvalue weighted by atomic mass is 32.1. The number of fused-ring (bicyclic) bond motifs is 1. The third-order valence-electron chi connectivity index (χ3n) is 5.25.